The van der Waals surface area contributed by atoms with Gasteiger partial charge in [-0.3, -0.25) is 9.69 Å². The van der Waals surface area contributed by atoms with E-state index in [0.29, 0.717) is 36.7 Å². The first-order valence-corrected chi connectivity index (χ1v) is 14.9. The molecule has 14 nitrogen and oxygen atoms in total. The number of fused-ring (bicyclic) bond motifs is 2. The predicted molar refractivity (Wildman–Crippen MR) is 151 cm³/mol. The minimum atomic E-state index is -2.29. The SMILES string of the molecule is COc1cc2c(cc1OC)[C@@]13CCN4CC5=CCO[C@H]6CC(=O)N2[C@H]1[C@H]6[C@H]5C[C@H]43.O=C(O)[C@H](O)[C@H](O)[C@@H](O)[C@H](O)[C@H](O)CO. The van der Waals surface area contributed by atoms with Gasteiger partial charge in [0.1, 0.15) is 24.4 Å². The molecule has 7 rings (SSSR count). The average molecular weight is 621 g/mol. The third-order valence-corrected chi connectivity index (χ3v) is 10.7. The Morgan fingerprint density at radius 2 is 1.80 bits per heavy atom. The van der Waals surface area contributed by atoms with Gasteiger partial charge in [0.15, 0.2) is 17.6 Å². The van der Waals surface area contributed by atoms with Crippen LogP contribution in [0.5, 0.6) is 11.5 Å². The van der Waals surface area contributed by atoms with E-state index in [2.05, 4.69) is 21.9 Å². The number of amides is 1. The number of carbonyl (C=O) groups excluding carboxylic acids is 1. The second-order valence-corrected chi connectivity index (χ2v) is 12.5. The molecule has 0 unspecified atom stereocenters. The number of aliphatic hydroxyl groups is 6. The van der Waals surface area contributed by atoms with Crippen LogP contribution in [0.3, 0.4) is 0 Å². The molecule has 44 heavy (non-hydrogen) atoms. The maximum atomic E-state index is 13.5. The molecule has 5 aliphatic heterocycles. The van der Waals surface area contributed by atoms with Gasteiger partial charge in [0.05, 0.1) is 51.7 Å². The summed E-state index contributed by atoms with van der Waals surface area (Å²) in [6.45, 7) is 1.92. The van der Waals surface area contributed by atoms with E-state index in [9.17, 15) is 9.59 Å². The van der Waals surface area contributed by atoms with Crippen molar-refractivity contribution in [3.8, 4) is 11.5 Å². The van der Waals surface area contributed by atoms with Gasteiger partial charge in [-0.05, 0) is 36.9 Å². The zero-order valence-corrected chi connectivity index (χ0v) is 24.5. The van der Waals surface area contributed by atoms with Gasteiger partial charge in [0, 0.05) is 30.0 Å². The lowest BCUT2D eigenvalue weighted by Gasteiger charge is -2.58. The number of carboxylic acid groups (broad SMARTS) is 1. The quantitative estimate of drug-likeness (QED) is 0.157. The van der Waals surface area contributed by atoms with Gasteiger partial charge in [-0.25, -0.2) is 4.79 Å². The molecule has 242 valence electrons. The number of ether oxygens (including phenoxy) is 3. The lowest BCUT2D eigenvalue weighted by molar-refractivity contribution is -0.169. The Hall–Kier alpha value is -2.82. The van der Waals surface area contributed by atoms with Gasteiger partial charge >= 0.3 is 5.97 Å². The standard InChI is InChI=1S/C23H26N2O4.C7H14O8/c1-27-16-8-14-15(9-17(16)28-2)25-20(26)10-18-21-13-7-19-23(14,22(21)25)4-5-24(19)11-12(13)3-6-29-18;8-1-2(9)3(10)4(11)5(12)6(13)7(14)15/h3,8-9,13,18-19,21-22H,4-7,10-11H2,1-2H3;2-6,8-13H,1H2,(H,14,15)/t13-,18-,19-,21-,22-,23+;2-,3-,4+,5-,6-/m01/s1. The number of carbonyl (C=O) groups is 2. The minimum Gasteiger partial charge on any atom is -0.493 e. The summed E-state index contributed by atoms with van der Waals surface area (Å²) in [5.74, 6) is 0.789. The molecule has 7 N–H and O–H groups in total. The molecule has 4 fully saturated rings. The number of rotatable bonds is 8. The van der Waals surface area contributed by atoms with Crippen LogP contribution in [0.25, 0.3) is 0 Å². The molecule has 1 aromatic rings. The van der Waals surface area contributed by atoms with E-state index in [4.69, 9.17) is 50.0 Å². The smallest absolute Gasteiger partial charge is 0.335 e. The molecule has 1 spiro atoms. The summed E-state index contributed by atoms with van der Waals surface area (Å²) in [5, 5.41) is 61.5. The monoisotopic (exact) mass is 620 g/mol. The topological polar surface area (TPSA) is 210 Å². The van der Waals surface area contributed by atoms with Crippen LogP contribution in [0, 0.1) is 11.8 Å². The molecule has 1 aromatic carbocycles. The molecule has 0 aromatic heterocycles. The van der Waals surface area contributed by atoms with Crippen molar-refractivity contribution >= 4 is 17.6 Å². The summed E-state index contributed by atoms with van der Waals surface area (Å²) in [4.78, 5) is 28.5. The van der Waals surface area contributed by atoms with Crippen LogP contribution in [0.2, 0.25) is 0 Å². The van der Waals surface area contributed by atoms with Crippen LogP contribution in [-0.4, -0.2) is 142 Å². The average Bonchev–Trinajstić information content (AvgIpc) is 3.49. The van der Waals surface area contributed by atoms with E-state index < -0.39 is 43.1 Å². The van der Waals surface area contributed by atoms with Crippen molar-refractivity contribution < 1.29 is 59.5 Å². The van der Waals surface area contributed by atoms with Gasteiger partial charge in [-0.1, -0.05) is 11.6 Å². The molecule has 5 heterocycles. The van der Waals surface area contributed by atoms with E-state index in [0.717, 1.165) is 30.9 Å². The number of hydrogen-bond acceptors (Lipinski definition) is 12. The Kier molecular flexibility index (Phi) is 8.16. The molecule has 6 aliphatic rings. The van der Waals surface area contributed by atoms with Crippen molar-refractivity contribution in [2.75, 3.05) is 45.4 Å². The van der Waals surface area contributed by atoms with Crippen LogP contribution in [-0.2, 0) is 19.7 Å². The lowest BCUT2D eigenvalue weighted by atomic mass is 9.53. The maximum absolute atomic E-state index is 13.5. The molecular formula is C30H40N2O12. The van der Waals surface area contributed by atoms with Gasteiger partial charge < -0.3 is 54.9 Å². The molecule has 1 amide bonds. The van der Waals surface area contributed by atoms with E-state index in [1.807, 2.05) is 6.07 Å². The van der Waals surface area contributed by atoms with Crippen molar-refractivity contribution in [2.45, 2.75) is 73.4 Å². The fraction of sp³-hybridized carbons (Fsp3) is 0.667. The van der Waals surface area contributed by atoms with E-state index in [1.165, 1.54) is 12.0 Å². The van der Waals surface area contributed by atoms with Crippen LogP contribution >= 0.6 is 0 Å². The summed E-state index contributed by atoms with van der Waals surface area (Å²) in [6, 6.07) is 4.87. The Balaban J connectivity index is 0.000000197. The second kappa shape index (κ2) is 11.5. The van der Waals surface area contributed by atoms with Crippen molar-refractivity contribution in [2.24, 2.45) is 11.8 Å². The summed E-state index contributed by atoms with van der Waals surface area (Å²) in [5.41, 5.74) is 3.85. The van der Waals surface area contributed by atoms with Crippen molar-refractivity contribution in [1.29, 1.82) is 0 Å². The number of nitrogens with zero attached hydrogens (tertiary/aromatic N) is 2. The van der Waals surface area contributed by atoms with Gasteiger partial charge in [-0.2, -0.15) is 0 Å². The number of aliphatic carboxylic acids is 1. The summed E-state index contributed by atoms with van der Waals surface area (Å²) in [6.07, 6.45) is -5.14. The second-order valence-electron chi connectivity index (χ2n) is 12.5. The van der Waals surface area contributed by atoms with E-state index in [1.54, 1.807) is 19.8 Å². The summed E-state index contributed by atoms with van der Waals surface area (Å²) in [7, 11) is 3.36. The predicted octanol–water partition coefficient (Wildman–Crippen LogP) is -2.02. The fourth-order valence-electron chi connectivity index (χ4n) is 8.74. The largest absolute Gasteiger partial charge is 0.493 e. The Morgan fingerprint density at radius 1 is 1.09 bits per heavy atom. The lowest BCUT2D eigenvalue weighted by Crippen LogP contribution is -2.69. The first kappa shape index (κ1) is 31.2. The summed E-state index contributed by atoms with van der Waals surface area (Å²) >= 11 is 0. The van der Waals surface area contributed by atoms with E-state index >= 15 is 0 Å². The highest BCUT2D eigenvalue weighted by Gasteiger charge is 2.71. The highest BCUT2D eigenvalue weighted by Crippen LogP contribution is 2.66. The zero-order valence-electron chi connectivity index (χ0n) is 24.5. The van der Waals surface area contributed by atoms with Gasteiger partial charge in [0.2, 0.25) is 5.91 Å². The number of anilines is 1. The third-order valence-electron chi connectivity index (χ3n) is 10.7. The Labute approximate surface area is 253 Å². The van der Waals surface area contributed by atoms with Crippen molar-refractivity contribution in [3.05, 3.63) is 29.3 Å². The number of aliphatic hydroxyl groups excluding tert-OH is 6. The van der Waals surface area contributed by atoms with Gasteiger partial charge in [0.25, 0.3) is 0 Å². The molecule has 0 radical (unpaired) electrons. The first-order chi connectivity index (χ1) is 21.0. The molecular weight excluding hydrogens is 580 g/mol. The Bertz CT molecular complexity index is 1340. The third kappa shape index (κ3) is 4.46. The zero-order chi connectivity index (χ0) is 31.7. The molecule has 1 aliphatic carbocycles. The number of hydrogen-bond donors (Lipinski definition) is 7. The van der Waals surface area contributed by atoms with E-state index in [-0.39, 0.29) is 23.5 Å². The van der Waals surface area contributed by atoms with Crippen LogP contribution in [0.1, 0.15) is 24.8 Å². The number of methoxy groups -OCH3 is 2. The molecule has 2 bridgehead atoms. The normalized spacial score (nSPS) is 34.4. The van der Waals surface area contributed by atoms with Gasteiger partial charge in [-0.15, -0.1) is 0 Å². The highest BCUT2D eigenvalue weighted by molar-refractivity contribution is 5.99. The fourth-order valence-corrected chi connectivity index (χ4v) is 8.74. The van der Waals surface area contributed by atoms with Crippen molar-refractivity contribution in [1.82, 2.24) is 4.90 Å². The number of piperidine rings is 2. The molecule has 3 saturated heterocycles. The molecule has 14 heteroatoms. The first-order valence-electron chi connectivity index (χ1n) is 14.9. The van der Waals surface area contributed by atoms with Crippen molar-refractivity contribution in [3.63, 3.8) is 0 Å². The summed E-state index contributed by atoms with van der Waals surface area (Å²) < 4.78 is 17.6. The van der Waals surface area contributed by atoms with Crippen LogP contribution < -0.4 is 14.4 Å². The minimum absolute atomic E-state index is 0.0242. The Morgan fingerprint density at radius 3 is 2.45 bits per heavy atom. The number of carboxylic acids is 1. The molecule has 11 atom stereocenters. The van der Waals surface area contributed by atoms with Crippen LogP contribution in [0.4, 0.5) is 5.69 Å². The van der Waals surface area contributed by atoms with Crippen LogP contribution in [0.15, 0.2) is 23.8 Å². The maximum Gasteiger partial charge on any atom is 0.335 e. The highest BCUT2D eigenvalue weighted by atomic mass is 16.5. The number of benzene rings is 1. The molecule has 1 saturated carbocycles.